The molecule has 3 rings (SSSR count). The van der Waals surface area contributed by atoms with Crippen LogP contribution in [0.1, 0.15) is 12.5 Å². The fraction of sp³-hybridized carbons (Fsp3) is 0.100. The summed E-state index contributed by atoms with van der Waals surface area (Å²) < 4.78 is 4.89. The number of nitrogens with zero attached hydrogens (tertiary/aromatic N) is 3. The van der Waals surface area contributed by atoms with Crippen LogP contribution in [0.3, 0.4) is 0 Å². The minimum absolute atomic E-state index is 0.0508. The van der Waals surface area contributed by atoms with Crippen molar-refractivity contribution in [1.29, 1.82) is 0 Å². The molecule has 0 saturated carbocycles. The van der Waals surface area contributed by atoms with Crippen LogP contribution in [-0.4, -0.2) is 22.0 Å². The van der Waals surface area contributed by atoms with Crippen molar-refractivity contribution in [2.45, 2.75) is 13.5 Å². The van der Waals surface area contributed by atoms with Crippen molar-refractivity contribution in [1.82, 2.24) is 9.97 Å². The van der Waals surface area contributed by atoms with Crippen molar-refractivity contribution in [3.05, 3.63) is 71.6 Å². The average Bonchev–Trinajstić information content (AvgIpc) is 2.67. The van der Waals surface area contributed by atoms with E-state index in [4.69, 9.17) is 22.1 Å². The number of nitrogens with two attached hydrogens (primary N) is 1. The molecule has 29 heavy (non-hydrogen) atoms. The van der Waals surface area contributed by atoms with Crippen LogP contribution in [-0.2, 0) is 11.3 Å². The molecule has 2 amide bonds. The first kappa shape index (κ1) is 20.1. The zero-order valence-corrected chi connectivity index (χ0v) is 16.3. The highest BCUT2D eigenvalue weighted by Crippen LogP contribution is 2.26. The Bertz CT molecular complexity index is 1030. The molecule has 1 aromatic heterocycles. The molecule has 0 fully saturated rings. The molecule has 9 heteroatoms. The van der Waals surface area contributed by atoms with Gasteiger partial charge in [-0.3, -0.25) is 4.79 Å². The Morgan fingerprint density at radius 3 is 2.62 bits per heavy atom. The number of carbonyl (C=O) groups excluding carboxylic acids is 2. The maximum Gasteiger partial charge on any atom is 0.409 e. The van der Waals surface area contributed by atoms with Gasteiger partial charge in [0.2, 0.25) is 11.2 Å². The number of primary amides is 1. The molecule has 148 valence electrons. The molecular weight excluding hydrogens is 394 g/mol. The van der Waals surface area contributed by atoms with E-state index in [2.05, 4.69) is 15.3 Å². The molecule has 3 N–H and O–H groups in total. The van der Waals surface area contributed by atoms with E-state index in [0.29, 0.717) is 17.1 Å². The number of hydrogen-bond donors (Lipinski definition) is 2. The third-order valence-corrected chi connectivity index (χ3v) is 4.11. The van der Waals surface area contributed by atoms with Gasteiger partial charge in [0.1, 0.15) is 11.6 Å². The van der Waals surface area contributed by atoms with Gasteiger partial charge in [-0.25, -0.2) is 14.8 Å². The van der Waals surface area contributed by atoms with Crippen LogP contribution in [0.4, 0.5) is 22.0 Å². The minimum atomic E-state index is -0.909. The molecule has 3 aromatic rings. The second kappa shape index (κ2) is 9.03. The Balaban J connectivity index is 1.90. The summed E-state index contributed by atoms with van der Waals surface area (Å²) in [5.41, 5.74) is 7.04. The van der Waals surface area contributed by atoms with E-state index < -0.39 is 6.09 Å². The first-order chi connectivity index (χ1) is 13.9. The van der Waals surface area contributed by atoms with E-state index in [1.165, 1.54) is 6.92 Å². The van der Waals surface area contributed by atoms with Gasteiger partial charge in [0.25, 0.3) is 0 Å². The molecule has 0 aliphatic heterocycles. The Kier molecular flexibility index (Phi) is 6.25. The van der Waals surface area contributed by atoms with Gasteiger partial charge in [-0.2, -0.15) is 0 Å². The van der Waals surface area contributed by atoms with Gasteiger partial charge in [-0.1, -0.05) is 24.3 Å². The van der Waals surface area contributed by atoms with E-state index in [-0.39, 0.29) is 23.5 Å². The van der Waals surface area contributed by atoms with Crippen LogP contribution in [0.15, 0.2) is 60.8 Å². The molecule has 8 nitrogen and oxygen atoms in total. The molecule has 0 aliphatic carbocycles. The number of anilines is 3. The maximum atomic E-state index is 12.2. The zero-order chi connectivity index (χ0) is 20.8. The van der Waals surface area contributed by atoms with Gasteiger partial charge in [-0.05, 0) is 35.9 Å². The van der Waals surface area contributed by atoms with Crippen LogP contribution in [0.5, 0.6) is 5.75 Å². The molecule has 0 bridgehead atoms. The summed E-state index contributed by atoms with van der Waals surface area (Å²) in [6, 6.07) is 15.9. The molecule has 0 aliphatic rings. The maximum absolute atomic E-state index is 12.2. The van der Waals surface area contributed by atoms with Crippen molar-refractivity contribution >= 4 is 40.8 Å². The fourth-order valence-corrected chi connectivity index (χ4v) is 2.80. The summed E-state index contributed by atoms with van der Waals surface area (Å²) in [6.45, 7) is 1.72. The number of halogens is 1. The van der Waals surface area contributed by atoms with Gasteiger partial charge in [-0.15, -0.1) is 0 Å². The topological polar surface area (TPSA) is 110 Å². The van der Waals surface area contributed by atoms with Crippen molar-refractivity contribution < 1.29 is 14.3 Å². The van der Waals surface area contributed by atoms with Crippen LogP contribution in [0, 0.1) is 0 Å². The second-order valence-corrected chi connectivity index (χ2v) is 6.37. The second-order valence-electron chi connectivity index (χ2n) is 6.03. The summed E-state index contributed by atoms with van der Waals surface area (Å²) in [5, 5.41) is 3.17. The molecule has 2 aromatic carbocycles. The number of hydrogen-bond acceptors (Lipinski definition) is 6. The molecule has 0 saturated heterocycles. The van der Waals surface area contributed by atoms with E-state index in [1.54, 1.807) is 35.4 Å². The molecule has 0 radical (unpaired) electrons. The van der Waals surface area contributed by atoms with Gasteiger partial charge in [0.05, 0.1) is 6.54 Å². The molecule has 0 atom stereocenters. The smallest absolute Gasteiger partial charge is 0.409 e. The average molecular weight is 412 g/mol. The molecule has 1 heterocycles. The van der Waals surface area contributed by atoms with Crippen molar-refractivity contribution in [2.24, 2.45) is 5.73 Å². The zero-order valence-electron chi connectivity index (χ0n) is 15.5. The Morgan fingerprint density at radius 1 is 1.17 bits per heavy atom. The predicted octanol–water partition coefficient (Wildman–Crippen LogP) is 3.88. The minimum Gasteiger partial charge on any atom is -0.410 e. The lowest BCUT2D eigenvalue weighted by Gasteiger charge is -2.22. The monoisotopic (exact) mass is 411 g/mol. The number of carbonyl (C=O) groups is 2. The van der Waals surface area contributed by atoms with E-state index >= 15 is 0 Å². The Hall–Kier alpha value is -3.65. The standard InChI is InChI=1S/C20H18ClN5O3/c1-13(27)26(16-7-3-2-4-8-16)12-14-11-23-19(21)25-18(14)24-15-6-5-9-17(10-15)29-20(22)28/h2-11H,12H2,1H3,(H2,22,28)(H,23,24,25). The number of rotatable bonds is 6. The van der Waals surface area contributed by atoms with Crippen molar-refractivity contribution in [3.8, 4) is 5.75 Å². The number of aromatic nitrogens is 2. The number of benzene rings is 2. The lowest BCUT2D eigenvalue weighted by Crippen LogP contribution is -2.28. The van der Waals surface area contributed by atoms with Crippen LogP contribution in [0.25, 0.3) is 0 Å². The highest BCUT2D eigenvalue weighted by atomic mass is 35.5. The van der Waals surface area contributed by atoms with Crippen LogP contribution < -0.4 is 20.7 Å². The highest BCUT2D eigenvalue weighted by molar-refractivity contribution is 6.28. The predicted molar refractivity (Wildman–Crippen MR) is 110 cm³/mol. The highest BCUT2D eigenvalue weighted by Gasteiger charge is 2.16. The summed E-state index contributed by atoms with van der Waals surface area (Å²) in [5.74, 6) is 0.566. The summed E-state index contributed by atoms with van der Waals surface area (Å²) in [4.78, 5) is 33.0. The third-order valence-electron chi connectivity index (χ3n) is 3.93. The van der Waals surface area contributed by atoms with Crippen LogP contribution >= 0.6 is 11.6 Å². The van der Waals surface area contributed by atoms with Gasteiger partial charge < -0.3 is 20.7 Å². The first-order valence-corrected chi connectivity index (χ1v) is 8.99. The fourth-order valence-electron chi connectivity index (χ4n) is 2.66. The van der Waals surface area contributed by atoms with Crippen LogP contribution in [0.2, 0.25) is 5.28 Å². The number of nitrogens with one attached hydrogen (secondary N) is 1. The first-order valence-electron chi connectivity index (χ1n) is 8.61. The number of ether oxygens (including phenoxy) is 1. The van der Waals surface area contributed by atoms with Gasteiger partial charge >= 0.3 is 6.09 Å². The quantitative estimate of drug-likeness (QED) is 0.595. The molecule has 0 unspecified atom stereocenters. The molecular formula is C20H18ClN5O3. The van der Waals surface area contributed by atoms with E-state index in [1.807, 2.05) is 30.3 Å². The van der Waals surface area contributed by atoms with Crippen molar-refractivity contribution in [3.63, 3.8) is 0 Å². The van der Waals surface area contributed by atoms with E-state index in [0.717, 1.165) is 5.69 Å². The third kappa shape index (κ3) is 5.43. The van der Waals surface area contributed by atoms with E-state index in [9.17, 15) is 9.59 Å². The lowest BCUT2D eigenvalue weighted by molar-refractivity contribution is -0.116. The Morgan fingerprint density at radius 2 is 1.93 bits per heavy atom. The number of para-hydroxylation sites is 1. The Labute approximate surface area is 172 Å². The summed E-state index contributed by atoms with van der Waals surface area (Å²) >= 11 is 5.97. The largest absolute Gasteiger partial charge is 0.410 e. The van der Waals surface area contributed by atoms with Gasteiger partial charge in [0, 0.05) is 36.1 Å². The van der Waals surface area contributed by atoms with Gasteiger partial charge in [0.15, 0.2) is 0 Å². The number of amides is 2. The normalized spacial score (nSPS) is 10.3. The SMILES string of the molecule is CC(=O)N(Cc1cnc(Cl)nc1Nc1cccc(OC(N)=O)c1)c1ccccc1. The van der Waals surface area contributed by atoms with Crippen molar-refractivity contribution in [2.75, 3.05) is 10.2 Å². The lowest BCUT2D eigenvalue weighted by atomic mass is 10.2. The summed E-state index contributed by atoms with van der Waals surface area (Å²) in [7, 11) is 0. The summed E-state index contributed by atoms with van der Waals surface area (Å²) in [6.07, 6.45) is 0.646. The molecule has 0 spiro atoms.